The number of rotatable bonds is 31. The highest BCUT2D eigenvalue weighted by molar-refractivity contribution is 5.67. The Labute approximate surface area is 253 Å². The van der Waals surface area contributed by atoms with E-state index in [1.54, 1.807) is 0 Å². The molecule has 0 aromatic heterocycles. The maximum atomic E-state index is 11.6. The molecule has 1 unspecified atom stereocenters. The molecule has 3 heteroatoms. The lowest BCUT2D eigenvalue weighted by molar-refractivity contribution is -0.312. The van der Waals surface area contributed by atoms with Gasteiger partial charge in [0, 0.05) is 5.97 Å². The molecule has 242 valence electrons. The normalized spacial score (nSPS) is 12.4. The number of carbonyl (C=O) groups is 1. The fourth-order valence-electron chi connectivity index (χ4n) is 5.96. The number of carbonyl (C=O) groups excluding carboxylic acids is 1. The predicted molar refractivity (Wildman–Crippen MR) is 178 cm³/mol. The Morgan fingerprint density at radius 3 is 0.975 bits per heavy atom. The standard InChI is InChI=1S/C37H74O2.H3N/c1-5-6-7-8-9-10-11-12-14-17-20-23-26-29-32-35(36(38)39)33-30-27-24-21-18-15-13-16-19-22-25-28-31-34-37(2,3)4;/h35H,5-34H2,1-4H3,(H,38,39);1H3. The molecule has 0 aliphatic rings. The Balaban J connectivity index is 0. The third-order valence-corrected chi connectivity index (χ3v) is 8.72. The Kier molecular flexibility index (Phi) is 32.6. The van der Waals surface area contributed by atoms with Crippen LogP contribution in [0.25, 0.3) is 0 Å². The van der Waals surface area contributed by atoms with Crippen molar-refractivity contribution in [3.63, 3.8) is 0 Å². The summed E-state index contributed by atoms with van der Waals surface area (Å²) in [5.41, 5.74) is 0.501. The summed E-state index contributed by atoms with van der Waals surface area (Å²) in [7, 11) is 0. The molecular formula is C37H77NO2. The van der Waals surface area contributed by atoms with Gasteiger partial charge in [-0.15, -0.1) is 0 Å². The maximum Gasteiger partial charge on any atom is 0.0445 e. The van der Waals surface area contributed by atoms with E-state index in [0.29, 0.717) is 5.41 Å². The lowest BCUT2D eigenvalue weighted by Crippen LogP contribution is -2.31. The van der Waals surface area contributed by atoms with E-state index in [0.717, 1.165) is 25.7 Å². The van der Waals surface area contributed by atoms with Crippen LogP contribution in [0.2, 0.25) is 0 Å². The van der Waals surface area contributed by atoms with Gasteiger partial charge in [-0.05, 0) is 30.6 Å². The van der Waals surface area contributed by atoms with Crippen LogP contribution < -0.4 is 11.3 Å². The van der Waals surface area contributed by atoms with Crippen LogP contribution in [0.15, 0.2) is 0 Å². The van der Waals surface area contributed by atoms with Gasteiger partial charge in [-0.3, -0.25) is 0 Å². The molecule has 0 aromatic carbocycles. The summed E-state index contributed by atoms with van der Waals surface area (Å²) in [6.45, 7) is 9.32. The predicted octanol–water partition coefficient (Wildman–Crippen LogP) is 12.5. The molecule has 0 fully saturated rings. The lowest BCUT2D eigenvalue weighted by atomic mass is 9.89. The Morgan fingerprint density at radius 1 is 0.475 bits per heavy atom. The number of unbranched alkanes of at least 4 members (excludes halogenated alkanes) is 25. The number of aliphatic carboxylic acids is 1. The molecule has 1 atom stereocenters. The first kappa shape index (κ1) is 41.6. The maximum absolute atomic E-state index is 11.6. The third-order valence-electron chi connectivity index (χ3n) is 8.72. The molecule has 0 rings (SSSR count). The van der Waals surface area contributed by atoms with Crippen molar-refractivity contribution in [2.24, 2.45) is 11.3 Å². The highest BCUT2D eigenvalue weighted by Crippen LogP contribution is 2.23. The minimum Gasteiger partial charge on any atom is -0.550 e. The van der Waals surface area contributed by atoms with Crippen molar-refractivity contribution in [2.75, 3.05) is 0 Å². The molecule has 0 radical (unpaired) electrons. The first-order valence-corrected chi connectivity index (χ1v) is 18.1. The number of hydrogen-bond donors (Lipinski definition) is 1. The Morgan fingerprint density at radius 2 is 0.725 bits per heavy atom. The van der Waals surface area contributed by atoms with Gasteiger partial charge in [0.05, 0.1) is 0 Å². The number of quaternary nitrogens is 1. The fourth-order valence-corrected chi connectivity index (χ4v) is 5.96. The van der Waals surface area contributed by atoms with Crippen LogP contribution in [0.3, 0.4) is 0 Å². The SMILES string of the molecule is CCCCCCCCCCCCCCCCC(CCCCCCCCCCCCCCCC(C)(C)C)C(=O)[O-].[NH4+]. The molecule has 0 aliphatic carbocycles. The van der Waals surface area contributed by atoms with Crippen LogP contribution in [0.1, 0.15) is 220 Å². The smallest absolute Gasteiger partial charge is 0.0445 e. The first-order chi connectivity index (χ1) is 18.9. The third kappa shape index (κ3) is 33.6. The van der Waals surface area contributed by atoms with Gasteiger partial charge >= 0.3 is 0 Å². The molecule has 4 N–H and O–H groups in total. The molecule has 0 amide bonds. The minimum absolute atomic E-state index is 0. The summed E-state index contributed by atoms with van der Waals surface area (Å²) >= 11 is 0. The highest BCUT2D eigenvalue weighted by atomic mass is 16.4. The van der Waals surface area contributed by atoms with Gasteiger partial charge in [0.25, 0.3) is 0 Å². The summed E-state index contributed by atoms with van der Waals surface area (Å²) < 4.78 is 0. The van der Waals surface area contributed by atoms with Gasteiger partial charge in [-0.25, -0.2) is 0 Å². The second kappa shape index (κ2) is 31.4. The van der Waals surface area contributed by atoms with Crippen molar-refractivity contribution in [3.8, 4) is 0 Å². The van der Waals surface area contributed by atoms with Crippen molar-refractivity contribution in [1.29, 1.82) is 0 Å². The summed E-state index contributed by atoms with van der Waals surface area (Å²) in [5, 5.41) is 11.6. The monoisotopic (exact) mass is 568 g/mol. The van der Waals surface area contributed by atoms with Crippen LogP contribution in [0.5, 0.6) is 0 Å². The zero-order valence-corrected chi connectivity index (χ0v) is 28.6. The van der Waals surface area contributed by atoms with Gasteiger partial charge in [0.1, 0.15) is 0 Å². The molecule has 3 nitrogen and oxygen atoms in total. The average molecular weight is 568 g/mol. The van der Waals surface area contributed by atoms with Crippen molar-refractivity contribution < 1.29 is 9.90 Å². The van der Waals surface area contributed by atoms with Gasteiger partial charge in [0.15, 0.2) is 0 Å². The number of carboxylic acids is 1. The minimum atomic E-state index is -0.807. The van der Waals surface area contributed by atoms with Crippen LogP contribution in [-0.4, -0.2) is 5.97 Å². The van der Waals surface area contributed by atoms with E-state index < -0.39 is 5.97 Å². The van der Waals surface area contributed by atoms with Crippen molar-refractivity contribution >= 4 is 5.97 Å². The molecule has 0 spiro atoms. The van der Waals surface area contributed by atoms with E-state index >= 15 is 0 Å². The van der Waals surface area contributed by atoms with Gasteiger partial charge in [0.2, 0.25) is 0 Å². The molecule has 0 saturated heterocycles. The summed E-state index contributed by atoms with van der Waals surface area (Å²) in [6.07, 6.45) is 39.3. The molecule has 0 bridgehead atoms. The van der Waals surface area contributed by atoms with Crippen LogP contribution in [0.4, 0.5) is 0 Å². The quantitative estimate of drug-likeness (QED) is 0.0845. The first-order valence-electron chi connectivity index (χ1n) is 18.1. The van der Waals surface area contributed by atoms with Gasteiger partial charge in [-0.2, -0.15) is 0 Å². The van der Waals surface area contributed by atoms with Crippen LogP contribution in [0, 0.1) is 11.3 Å². The number of hydrogen-bond acceptors (Lipinski definition) is 2. The second-order valence-electron chi connectivity index (χ2n) is 14.1. The van der Waals surface area contributed by atoms with Crippen molar-refractivity contribution in [1.82, 2.24) is 6.15 Å². The van der Waals surface area contributed by atoms with E-state index in [2.05, 4.69) is 27.7 Å². The molecule has 0 heterocycles. The average Bonchev–Trinajstić information content (AvgIpc) is 2.89. The largest absolute Gasteiger partial charge is 0.550 e. The molecule has 0 saturated carbocycles. The fraction of sp³-hybridized carbons (Fsp3) is 0.973. The van der Waals surface area contributed by atoms with E-state index in [1.165, 1.54) is 167 Å². The highest BCUT2D eigenvalue weighted by Gasteiger charge is 2.10. The summed E-state index contributed by atoms with van der Waals surface area (Å²) in [5.74, 6) is -1.02. The lowest BCUT2D eigenvalue weighted by Gasteiger charge is -2.17. The summed E-state index contributed by atoms with van der Waals surface area (Å²) in [4.78, 5) is 11.6. The van der Waals surface area contributed by atoms with E-state index in [4.69, 9.17) is 0 Å². The summed E-state index contributed by atoms with van der Waals surface area (Å²) in [6, 6.07) is 0. The van der Waals surface area contributed by atoms with Gasteiger partial charge < -0.3 is 16.1 Å². The molecule has 40 heavy (non-hydrogen) atoms. The van der Waals surface area contributed by atoms with E-state index in [-0.39, 0.29) is 12.1 Å². The van der Waals surface area contributed by atoms with Crippen LogP contribution in [-0.2, 0) is 4.79 Å². The zero-order chi connectivity index (χ0) is 28.9. The van der Waals surface area contributed by atoms with E-state index in [1.807, 2.05) is 0 Å². The van der Waals surface area contributed by atoms with E-state index in [9.17, 15) is 9.90 Å². The molecular weight excluding hydrogens is 490 g/mol. The Hall–Kier alpha value is -0.570. The Bertz CT molecular complexity index is 499. The number of carboxylic acid groups (broad SMARTS) is 1. The van der Waals surface area contributed by atoms with Crippen LogP contribution >= 0.6 is 0 Å². The van der Waals surface area contributed by atoms with Crippen molar-refractivity contribution in [2.45, 2.75) is 220 Å². The zero-order valence-electron chi connectivity index (χ0n) is 28.6. The van der Waals surface area contributed by atoms with Crippen molar-refractivity contribution in [3.05, 3.63) is 0 Å². The topological polar surface area (TPSA) is 76.6 Å². The molecule has 0 aliphatic heterocycles. The second-order valence-corrected chi connectivity index (χ2v) is 14.1. The molecule has 0 aromatic rings. The van der Waals surface area contributed by atoms with Gasteiger partial charge in [-0.1, -0.05) is 201 Å².